The zero-order valence-electron chi connectivity index (χ0n) is 18.2. The minimum atomic E-state index is -0.619. The Kier molecular flexibility index (Phi) is 5.46. The maximum atomic E-state index is 12.7. The summed E-state index contributed by atoms with van der Waals surface area (Å²) in [6.07, 6.45) is 3.81. The average molecular weight is 441 g/mol. The molecule has 5 rings (SSSR count). The molecular formula is C22H28N6O4. The largest absolute Gasteiger partial charge is 0.439 e. The van der Waals surface area contributed by atoms with Crippen LogP contribution in [-0.4, -0.2) is 68.1 Å². The van der Waals surface area contributed by atoms with Gasteiger partial charge in [0.25, 0.3) is 0 Å². The van der Waals surface area contributed by atoms with Crippen molar-refractivity contribution in [3.05, 3.63) is 39.2 Å². The second-order valence-corrected chi connectivity index (χ2v) is 9.05. The first-order chi connectivity index (χ1) is 15.5. The molecule has 10 heteroatoms. The fraction of sp³-hybridized carbons (Fsp3) is 0.545. The lowest BCUT2D eigenvalue weighted by Crippen LogP contribution is -2.46. The van der Waals surface area contributed by atoms with Crippen LogP contribution in [0.15, 0.2) is 32.3 Å². The van der Waals surface area contributed by atoms with E-state index >= 15 is 0 Å². The van der Waals surface area contributed by atoms with Gasteiger partial charge in [-0.2, -0.15) is 0 Å². The molecule has 10 nitrogen and oxygen atoms in total. The van der Waals surface area contributed by atoms with Crippen molar-refractivity contribution in [2.45, 2.75) is 38.6 Å². The topological polar surface area (TPSA) is 120 Å². The Morgan fingerprint density at radius 1 is 1.09 bits per heavy atom. The normalized spacial score (nSPS) is 19.1. The Morgan fingerprint density at radius 3 is 2.53 bits per heavy atom. The van der Waals surface area contributed by atoms with Crippen LogP contribution >= 0.6 is 0 Å². The lowest BCUT2D eigenvalue weighted by Gasteiger charge is -2.35. The molecule has 1 amide bonds. The van der Waals surface area contributed by atoms with E-state index in [9.17, 15) is 14.4 Å². The number of H-pyrrole nitrogens is 2. The minimum absolute atomic E-state index is 0.0798. The van der Waals surface area contributed by atoms with Gasteiger partial charge in [0.05, 0.1) is 17.6 Å². The molecule has 2 N–H and O–H groups in total. The fourth-order valence-electron chi connectivity index (χ4n) is 4.88. The van der Waals surface area contributed by atoms with Gasteiger partial charge in [0.2, 0.25) is 5.91 Å². The Morgan fingerprint density at radius 2 is 1.84 bits per heavy atom. The summed E-state index contributed by atoms with van der Waals surface area (Å²) >= 11 is 0. The zero-order valence-corrected chi connectivity index (χ0v) is 18.2. The molecule has 4 heterocycles. The number of aromatic nitrogens is 4. The number of nitrogens with zero attached hydrogens (tertiary/aromatic N) is 4. The first-order valence-corrected chi connectivity index (χ1v) is 11.3. The summed E-state index contributed by atoms with van der Waals surface area (Å²) in [6.45, 7) is 6.02. The number of aromatic amines is 2. The first kappa shape index (κ1) is 20.7. The van der Waals surface area contributed by atoms with Gasteiger partial charge in [-0.15, -0.1) is 0 Å². The first-order valence-electron chi connectivity index (χ1n) is 11.3. The standard InChI is InChI=1S/C22H28N6O4/c1-14-4-10-27(11-5-14)19(29)13-26-8-6-16(7-9-26)28-18-3-2-15(12-17(18)23-21(28)30)20-24-22(31)32-25-20/h2-3,12,14,16H,4-11,13H2,1H3,(H,23,30)(H,24,25,31). The van der Waals surface area contributed by atoms with Gasteiger partial charge in [0.15, 0.2) is 5.82 Å². The Labute approximate surface area is 184 Å². The van der Waals surface area contributed by atoms with Crippen LogP contribution in [0.2, 0.25) is 0 Å². The summed E-state index contributed by atoms with van der Waals surface area (Å²) in [5.41, 5.74) is 2.02. The van der Waals surface area contributed by atoms with E-state index in [1.807, 2.05) is 21.6 Å². The van der Waals surface area contributed by atoms with E-state index in [1.54, 1.807) is 6.07 Å². The summed E-state index contributed by atoms with van der Waals surface area (Å²) in [5.74, 6) is 0.634. The number of piperidine rings is 2. The van der Waals surface area contributed by atoms with Gasteiger partial charge >= 0.3 is 11.4 Å². The average Bonchev–Trinajstić information content (AvgIpc) is 3.36. The van der Waals surface area contributed by atoms with Gasteiger partial charge in [-0.3, -0.25) is 23.8 Å². The van der Waals surface area contributed by atoms with Crippen molar-refractivity contribution in [1.29, 1.82) is 0 Å². The molecule has 2 saturated heterocycles. The van der Waals surface area contributed by atoms with E-state index in [0.29, 0.717) is 29.4 Å². The molecule has 2 aliphatic heterocycles. The third kappa shape index (κ3) is 4.02. The van der Waals surface area contributed by atoms with Crippen LogP contribution in [0.3, 0.4) is 0 Å². The Hall–Kier alpha value is -3.14. The predicted molar refractivity (Wildman–Crippen MR) is 118 cm³/mol. The maximum Gasteiger partial charge on any atom is 0.439 e. The number of imidazole rings is 1. The number of benzene rings is 1. The molecule has 0 spiro atoms. The second-order valence-electron chi connectivity index (χ2n) is 9.05. The van der Waals surface area contributed by atoms with Crippen LogP contribution in [0.25, 0.3) is 22.4 Å². The van der Waals surface area contributed by atoms with E-state index in [-0.39, 0.29) is 17.6 Å². The maximum absolute atomic E-state index is 12.7. The van der Waals surface area contributed by atoms with Crippen LogP contribution in [0.4, 0.5) is 0 Å². The number of fused-ring (bicyclic) bond motifs is 1. The number of hydrogen-bond acceptors (Lipinski definition) is 6. The van der Waals surface area contributed by atoms with Crippen LogP contribution in [0.5, 0.6) is 0 Å². The van der Waals surface area contributed by atoms with E-state index in [0.717, 1.165) is 57.4 Å². The van der Waals surface area contributed by atoms with Crippen molar-refractivity contribution >= 4 is 16.9 Å². The van der Waals surface area contributed by atoms with Gasteiger partial charge in [0.1, 0.15) is 0 Å². The van der Waals surface area contributed by atoms with E-state index in [4.69, 9.17) is 0 Å². The van der Waals surface area contributed by atoms with Crippen molar-refractivity contribution in [2.24, 2.45) is 5.92 Å². The van der Waals surface area contributed by atoms with Crippen molar-refractivity contribution in [2.75, 3.05) is 32.7 Å². The smallest absolute Gasteiger partial charge is 0.342 e. The molecule has 0 saturated carbocycles. The molecule has 0 radical (unpaired) electrons. The third-order valence-corrected chi connectivity index (χ3v) is 6.85. The van der Waals surface area contributed by atoms with Gasteiger partial charge in [-0.1, -0.05) is 12.1 Å². The second kappa shape index (κ2) is 8.42. The molecule has 2 fully saturated rings. The number of likely N-dealkylation sites (tertiary alicyclic amines) is 2. The number of rotatable bonds is 4. The highest BCUT2D eigenvalue weighted by Crippen LogP contribution is 2.27. The van der Waals surface area contributed by atoms with E-state index in [1.165, 1.54) is 0 Å². The Bertz CT molecular complexity index is 1220. The molecule has 32 heavy (non-hydrogen) atoms. The van der Waals surface area contributed by atoms with Crippen LogP contribution in [-0.2, 0) is 4.79 Å². The van der Waals surface area contributed by atoms with E-state index < -0.39 is 5.76 Å². The molecule has 0 atom stereocenters. The molecule has 0 bridgehead atoms. The molecule has 2 aromatic heterocycles. The number of carbonyl (C=O) groups excluding carboxylic acids is 1. The van der Waals surface area contributed by atoms with Crippen LogP contribution < -0.4 is 11.4 Å². The summed E-state index contributed by atoms with van der Waals surface area (Å²) in [4.78, 5) is 46.2. The van der Waals surface area contributed by atoms with Crippen molar-refractivity contribution in [1.82, 2.24) is 29.5 Å². The molecule has 0 unspecified atom stereocenters. The van der Waals surface area contributed by atoms with Gasteiger partial charge < -0.3 is 9.88 Å². The molecule has 1 aromatic carbocycles. The van der Waals surface area contributed by atoms with Gasteiger partial charge in [-0.25, -0.2) is 9.59 Å². The summed E-state index contributed by atoms with van der Waals surface area (Å²) in [5, 5.41) is 3.70. The van der Waals surface area contributed by atoms with E-state index in [2.05, 4.69) is 31.5 Å². The van der Waals surface area contributed by atoms with Crippen molar-refractivity contribution in [3.8, 4) is 11.4 Å². The highest BCUT2D eigenvalue weighted by atomic mass is 16.5. The quantitative estimate of drug-likeness (QED) is 0.635. The monoisotopic (exact) mass is 440 g/mol. The Balaban J connectivity index is 1.26. The summed E-state index contributed by atoms with van der Waals surface area (Å²) in [7, 11) is 0. The fourth-order valence-corrected chi connectivity index (χ4v) is 4.88. The molecule has 3 aromatic rings. The minimum Gasteiger partial charge on any atom is -0.342 e. The lowest BCUT2D eigenvalue weighted by molar-refractivity contribution is -0.134. The van der Waals surface area contributed by atoms with Gasteiger partial charge in [-0.05, 0) is 49.8 Å². The van der Waals surface area contributed by atoms with Crippen LogP contribution in [0.1, 0.15) is 38.6 Å². The summed E-state index contributed by atoms with van der Waals surface area (Å²) in [6, 6.07) is 5.54. The van der Waals surface area contributed by atoms with Crippen LogP contribution in [0, 0.1) is 5.92 Å². The molecule has 170 valence electrons. The zero-order chi connectivity index (χ0) is 22.2. The van der Waals surface area contributed by atoms with Gasteiger partial charge in [0, 0.05) is 37.8 Å². The van der Waals surface area contributed by atoms with Crippen molar-refractivity contribution < 1.29 is 9.32 Å². The lowest BCUT2D eigenvalue weighted by atomic mass is 9.99. The number of nitrogens with one attached hydrogen (secondary N) is 2. The summed E-state index contributed by atoms with van der Waals surface area (Å²) < 4.78 is 6.38. The third-order valence-electron chi connectivity index (χ3n) is 6.85. The molecule has 2 aliphatic rings. The number of amides is 1. The highest BCUT2D eigenvalue weighted by molar-refractivity contribution is 5.80. The predicted octanol–water partition coefficient (Wildman–Crippen LogP) is 1.57. The number of hydrogen-bond donors (Lipinski definition) is 2. The molecule has 0 aliphatic carbocycles. The highest BCUT2D eigenvalue weighted by Gasteiger charge is 2.27. The SMILES string of the molecule is CC1CCN(C(=O)CN2CCC(n3c(=O)[nH]c4cc(-c5noc(=O)[nH]5)ccc43)CC2)CC1. The number of carbonyl (C=O) groups is 1. The van der Waals surface area contributed by atoms with Crippen molar-refractivity contribution in [3.63, 3.8) is 0 Å². The molecular weight excluding hydrogens is 412 g/mol.